The molecule has 0 aromatic carbocycles. The number of hydrogen-bond donors (Lipinski definition) is 1. The van der Waals surface area contributed by atoms with Gasteiger partial charge in [0.2, 0.25) is 5.91 Å². The second-order valence-corrected chi connectivity index (χ2v) is 4.86. The van der Waals surface area contributed by atoms with Crippen molar-refractivity contribution in [2.75, 3.05) is 38.5 Å². The number of carbonyl (C=O) groups is 2. The summed E-state index contributed by atoms with van der Waals surface area (Å²) in [5.74, 6) is -0.216. The van der Waals surface area contributed by atoms with Crippen LogP contribution >= 0.6 is 0 Å². The molecule has 0 bridgehead atoms. The van der Waals surface area contributed by atoms with Crippen LogP contribution in [0.3, 0.4) is 0 Å². The molecule has 0 radical (unpaired) electrons. The summed E-state index contributed by atoms with van der Waals surface area (Å²) < 4.78 is 0. The van der Waals surface area contributed by atoms with Crippen LogP contribution in [0.1, 0.15) is 23.8 Å². The van der Waals surface area contributed by atoms with E-state index in [2.05, 4.69) is 10.3 Å². The Bertz CT molecular complexity index is 504. The average Bonchev–Trinajstić information content (AvgIpc) is 2.61. The first kappa shape index (κ1) is 14.3. The summed E-state index contributed by atoms with van der Waals surface area (Å²) in [6, 6.07) is 3.55. The lowest BCUT2D eigenvalue weighted by Crippen LogP contribution is -2.38. The number of nitrogens with zero attached hydrogens (tertiary/aromatic N) is 3. The molecule has 1 saturated heterocycles. The van der Waals surface area contributed by atoms with E-state index in [1.165, 1.54) is 0 Å². The summed E-state index contributed by atoms with van der Waals surface area (Å²) in [4.78, 5) is 31.6. The Morgan fingerprint density at radius 3 is 3.00 bits per heavy atom. The van der Waals surface area contributed by atoms with E-state index >= 15 is 0 Å². The number of carbonyl (C=O) groups excluding carboxylic acids is 2. The van der Waals surface area contributed by atoms with Gasteiger partial charge in [-0.25, -0.2) is 0 Å². The zero-order valence-electron chi connectivity index (χ0n) is 11.9. The lowest BCUT2D eigenvalue weighted by atomic mass is 10.2. The number of likely N-dealkylation sites (N-methyl/N-ethyl adjacent to an activating group) is 1. The maximum atomic E-state index is 12.4. The molecule has 1 fully saturated rings. The summed E-state index contributed by atoms with van der Waals surface area (Å²) in [6.45, 7) is 4.17. The minimum atomic E-state index is -0.187. The molecule has 1 aliphatic heterocycles. The molecule has 0 saturated carbocycles. The molecule has 20 heavy (non-hydrogen) atoms. The third-order valence-corrected chi connectivity index (χ3v) is 3.32. The normalized spacial score (nSPS) is 16.0. The van der Waals surface area contributed by atoms with Crippen molar-refractivity contribution in [3.63, 3.8) is 0 Å². The van der Waals surface area contributed by atoms with Crippen LogP contribution in [0, 0.1) is 0 Å². The molecular formula is C14H20N4O2. The Hall–Kier alpha value is -2.11. The van der Waals surface area contributed by atoms with Gasteiger partial charge in [-0.3, -0.25) is 14.6 Å². The van der Waals surface area contributed by atoms with Crippen molar-refractivity contribution in [2.45, 2.75) is 13.3 Å². The van der Waals surface area contributed by atoms with Crippen molar-refractivity contribution in [1.82, 2.24) is 14.8 Å². The molecule has 1 aromatic heterocycles. The maximum Gasteiger partial charge on any atom is 0.272 e. The molecule has 1 aromatic rings. The van der Waals surface area contributed by atoms with Crippen LogP contribution in [0.5, 0.6) is 0 Å². The highest BCUT2D eigenvalue weighted by Crippen LogP contribution is 2.12. The first-order valence-corrected chi connectivity index (χ1v) is 6.85. The van der Waals surface area contributed by atoms with E-state index in [-0.39, 0.29) is 18.4 Å². The number of amides is 2. The Labute approximate surface area is 118 Å². The van der Waals surface area contributed by atoms with E-state index in [9.17, 15) is 9.59 Å². The van der Waals surface area contributed by atoms with E-state index < -0.39 is 0 Å². The van der Waals surface area contributed by atoms with Crippen molar-refractivity contribution in [3.8, 4) is 0 Å². The highest BCUT2D eigenvalue weighted by molar-refractivity contribution is 5.95. The molecule has 1 aliphatic rings. The SMILES string of the molecule is CCNc1ccnc(C(=O)N2CCCN(C)C(=O)C2)c1. The lowest BCUT2D eigenvalue weighted by Gasteiger charge is -2.19. The van der Waals surface area contributed by atoms with Gasteiger partial charge in [-0.2, -0.15) is 0 Å². The van der Waals surface area contributed by atoms with Crippen molar-refractivity contribution in [3.05, 3.63) is 24.0 Å². The van der Waals surface area contributed by atoms with Gasteiger partial charge < -0.3 is 15.1 Å². The fourth-order valence-electron chi connectivity index (χ4n) is 2.18. The molecule has 108 valence electrons. The maximum absolute atomic E-state index is 12.4. The number of aromatic nitrogens is 1. The topological polar surface area (TPSA) is 65.5 Å². The largest absolute Gasteiger partial charge is 0.385 e. The van der Waals surface area contributed by atoms with Gasteiger partial charge >= 0.3 is 0 Å². The van der Waals surface area contributed by atoms with E-state index in [1.807, 2.05) is 13.0 Å². The van der Waals surface area contributed by atoms with Gasteiger partial charge in [0.15, 0.2) is 0 Å². The number of nitrogens with one attached hydrogen (secondary N) is 1. The Morgan fingerprint density at radius 1 is 1.45 bits per heavy atom. The monoisotopic (exact) mass is 276 g/mol. The molecule has 6 heteroatoms. The Balaban J connectivity index is 2.13. The first-order chi connectivity index (χ1) is 9.61. The van der Waals surface area contributed by atoms with Gasteiger partial charge in [0, 0.05) is 38.6 Å². The molecule has 2 heterocycles. The fraction of sp³-hybridized carbons (Fsp3) is 0.500. The quantitative estimate of drug-likeness (QED) is 0.887. The Kier molecular flexibility index (Phi) is 4.55. The van der Waals surface area contributed by atoms with Crippen molar-refractivity contribution >= 4 is 17.5 Å². The third kappa shape index (κ3) is 3.26. The molecule has 0 atom stereocenters. The first-order valence-electron chi connectivity index (χ1n) is 6.85. The molecule has 2 amide bonds. The number of pyridine rings is 1. The van der Waals surface area contributed by atoms with Gasteiger partial charge in [0.1, 0.15) is 12.2 Å². The van der Waals surface area contributed by atoms with Gasteiger partial charge in [0.05, 0.1) is 0 Å². The standard InChI is InChI=1S/C14H20N4O2/c1-3-15-11-5-6-16-12(9-11)14(20)18-8-4-7-17(2)13(19)10-18/h5-6,9H,3-4,7-8,10H2,1-2H3,(H,15,16). The highest BCUT2D eigenvalue weighted by Gasteiger charge is 2.24. The van der Waals surface area contributed by atoms with Crippen molar-refractivity contribution in [1.29, 1.82) is 0 Å². The predicted molar refractivity (Wildman–Crippen MR) is 76.6 cm³/mol. The van der Waals surface area contributed by atoms with Crippen LogP contribution in [-0.2, 0) is 4.79 Å². The number of anilines is 1. The van der Waals surface area contributed by atoms with Crippen LogP contribution in [0.25, 0.3) is 0 Å². The van der Waals surface area contributed by atoms with E-state index in [0.29, 0.717) is 18.8 Å². The van der Waals surface area contributed by atoms with E-state index in [1.54, 1.807) is 29.1 Å². The lowest BCUT2D eigenvalue weighted by molar-refractivity contribution is -0.129. The summed E-state index contributed by atoms with van der Waals surface area (Å²) in [5, 5.41) is 3.15. The predicted octanol–water partition coefficient (Wildman–Crippen LogP) is 0.818. The smallest absolute Gasteiger partial charge is 0.272 e. The Morgan fingerprint density at radius 2 is 2.25 bits per heavy atom. The van der Waals surface area contributed by atoms with Crippen LogP contribution < -0.4 is 5.32 Å². The minimum absolute atomic E-state index is 0.0290. The van der Waals surface area contributed by atoms with Crippen LogP contribution in [0.4, 0.5) is 5.69 Å². The zero-order chi connectivity index (χ0) is 14.5. The molecule has 0 aliphatic carbocycles. The van der Waals surface area contributed by atoms with Crippen molar-refractivity contribution < 1.29 is 9.59 Å². The number of hydrogen-bond acceptors (Lipinski definition) is 4. The second-order valence-electron chi connectivity index (χ2n) is 4.86. The van der Waals surface area contributed by atoms with Crippen LogP contribution in [-0.4, -0.2) is 59.8 Å². The highest BCUT2D eigenvalue weighted by atomic mass is 16.2. The number of rotatable bonds is 3. The van der Waals surface area contributed by atoms with E-state index in [0.717, 1.165) is 18.7 Å². The second kappa shape index (κ2) is 6.36. The summed E-state index contributed by atoms with van der Waals surface area (Å²) in [6.07, 6.45) is 2.40. The average molecular weight is 276 g/mol. The van der Waals surface area contributed by atoms with Gasteiger partial charge in [-0.1, -0.05) is 0 Å². The van der Waals surface area contributed by atoms with Crippen molar-refractivity contribution in [2.24, 2.45) is 0 Å². The molecular weight excluding hydrogens is 256 g/mol. The van der Waals surface area contributed by atoms with Crippen LogP contribution in [0.15, 0.2) is 18.3 Å². The molecule has 6 nitrogen and oxygen atoms in total. The van der Waals surface area contributed by atoms with Gasteiger partial charge in [-0.15, -0.1) is 0 Å². The zero-order valence-corrected chi connectivity index (χ0v) is 11.9. The molecule has 0 spiro atoms. The minimum Gasteiger partial charge on any atom is -0.385 e. The van der Waals surface area contributed by atoms with Gasteiger partial charge in [-0.05, 0) is 25.5 Å². The van der Waals surface area contributed by atoms with Crippen LogP contribution in [0.2, 0.25) is 0 Å². The summed E-state index contributed by atoms with van der Waals surface area (Å²) in [7, 11) is 1.76. The third-order valence-electron chi connectivity index (χ3n) is 3.32. The summed E-state index contributed by atoms with van der Waals surface area (Å²) in [5.41, 5.74) is 1.24. The summed E-state index contributed by atoms with van der Waals surface area (Å²) >= 11 is 0. The fourth-order valence-corrected chi connectivity index (χ4v) is 2.18. The molecule has 2 rings (SSSR count). The van der Waals surface area contributed by atoms with E-state index in [4.69, 9.17) is 0 Å². The molecule has 1 N–H and O–H groups in total. The molecule has 0 unspecified atom stereocenters. The van der Waals surface area contributed by atoms with Gasteiger partial charge in [0.25, 0.3) is 5.91 Å².